The number of carboxylic acid groups (broad SMARTS) is 1. The van der Waals surface area contributed by atoms with Gasteiger partial charge < -0.3 is 19.5 Å². The molecule has 1 saturated heterocycles. The fraction of sp³-hybridized carbons (Fsp3) is 0.412. The van der Waals surface area contributed by atoms with E-state index >= 15 is 0 Å². The van der Waals surface area contributed by atoms with Gasteiger partial charge in [0.1, 0.15) is 11.8 Å². The van der Waals surface area contributed by atoms with E-state index in [9.17, 15) is 4.79 Å². The number of nitrogens with zero attached hydrogens (tertiary/aromatic N) is 2. The molecule has 1 aromatic heterocycles. The zero-order chi connectivity index (χ0) is 17.1. The number of hydrogen-bond donors (Lipinski definition) is 2. The lowest BCUT2D eigenvalue weighted by Crippen LogP contribution is -2.38. The minimum absolute atomic E-state index is 0.0505. The van der Waals surface area contributed by atoms with Gasteiger partial charge in [0.05, 0.1) is 12.8 Å². The Hall–Kier alpha value is -2.54. The Morgan fingerprint density at radius 3 is 2.88 bits per heavy atom. The number of methoxy groups -OCH3 is 1. The van der Waals surface area contributed by atoms with E-state index in [1.165, 1.54) is 6.07 Å². The van der Waals surface area contributed by atoms with E-state index in [0.29, 0.717) is 17.2 Å². The zero-order valence-corrected chi connectivity index (χ0v) is 13.8. The van der Waals surface area contributed by atoms with E-state index in [1.54, 1.807) is 7.11 Å². The molecule has 0 amide bonds. The van der Waals surface area contributed by atoms with Gasteiger partial charge in [-0.1, -0.05) is 0 Å². The monoisotopic (exact) mass is 331 g/mol. The normalized spacial score (nSPS) is 18.3. The number of nitrogens with one attached hydrogen (secondary N) is 1. The Morgan fingerprint density at radius 1 is 1.38 bits per heavy atom. The summed E-state index contributed by atoms with van der Waals surface area (Å²) in [5, 5.41) is 15.5. The van der Waals surface area contributed by atoms with Crippen LogP contribution in [-0.2, 0) is 0 Å². The smallest absolute Gasteiger partial charge is 0.353 e. The van der Waals surface area contributed by atoms with E-state index in [-0.39, 0.29) is 11.8 Å². The van der Waals surface area contributed by atoms with Crippen molar-refractivity contribution in [3.05, 3.63) is 30.0 Å². The number of H-pyrrole nitrogens is 1. The van der Waals surface area contributed by atoms with Crippen LogP contribution in [-0.4, -0.2) is 59.5 Å². The zero-order valence-electron chi connectivity index (χ0n) is 13.8. The van der Waals surface area contributed by atoms with Crippen LogP contribution in [0.5, 0.6) is 11.5 Å². The van der Waals surface area contributed by atoms with Crippen LogP contribution < -0.4 is 9.47 Å². The lowest BCUT2D eigenvalue weighted by molar-refractivity contribution is 0.0690. The van der Waals surface area contributed by atoms with Crippen molar-refractivity contribution in [2.45, 2.75) is 18.9 Å². The van der Waals surface area contributed by atoms with Crippen molar-refractivity contribution >= 4 is 5.97 Å². The second-order valence-electron chi connectivity index (χ2n) is 5.98. The topological polar surface area (TPSA) is 87.7 Å². The van der Waals surface area contributed by atoms with Gasteiger partial charge >= 0.3 is 5.97 Å². The minimum Gasteiger partial charge on any atom is -0.493 e. The molecule has 1 aliphatic rings. The van der Waals surface area contributed by atoms with Crippen LogP contribution in [0.25, 0.3) is 11.3 Å². The van der Waals surface area contributed by atoms with Crippen molar-refractivity contribution in [2.24, 2.45) is 0 Å². The number of likely N-dealkylation sites (tertiary alicyclic amines) is 1. The van der Waals surface area contributed by atoms with E-state index in [4.69, 9.17) is 14.6 Å². The number of benzene rings is 1. The molecule has 24 heavy (non-hydrogen) atoms. The molecule has 2 aromatic rings. The first kappa shape index (κ1) is 16.3. The third-order valence-corrected chi connectivity index (χ3v) is 4.14. The van der Waals surface area contributed by atoms with Gasteiger partial charge in [0, 0.05) is 12.1 Å². The number of aromatic amines is 1. The predicted molar refractivity (Wildman–Crippen MR) is 88.7 cm³/mol. The summed E-state index contributed by atoms with van der Waals surface area (Å²) in [7, 11) is 3.68. The first-order chi connectivity index (χ1) is 11.6. The summed E-state index contributed by atoms with van der Waals surface area (Å²) in [5.74, 6) is 0.262. The maximum absolute atomic E-state index is 11.0. The number of carbonyl (C=O) groups is 1. The maximum Gasteiger partial charge on any atom is 0.353 e. The highest BCUT2D eigenvalue weighted by Gasteiger charge is 2.20. The number of aromatic nitrogens is 2. The fourth-order valence-corrected chi connectivity index (χ4v) is 2.90. The van der Waals surface area contributed by atoms with E-state index in [2.05, 4.69) is 22.1 Å². The quantitative estimate of drug-likeness (QED) is 0.874. The first-order valence-corrected chi connectivity index (χ1v) is 7.89. The molecule has 2 heterocycles. The molecule has 1 aromatic carbocycles. The van der Waals surface area contributed by atoms with Gasteiger partial charge in [-0.05, 0) is 50.7 Å². The molecule has 1 unspecified atom stereocenters. The van der Waals surface area contributed by atoms with Crippen molar-refractivity contribution in [2.75, 3.05) is 27.2 Å². The number of hydrogen-bond acceptors (Lipinski definition) is 5. The van der Waals surface area contributed by atoms with Crippen molar-refractivity contribution < 1.29 is 19.4 Å². The number of carboxylic acids is 1. The Labute approximate surface area is 140 Å². The molecule has 0 saturated carbocycles. The molecule has 0 spiro atoms. The molecule has 1 fully saturated rings. The van der Waals surface area contributed by atoms with Crippen molar-refractivity contribution in [1.29, 1.82) is 0 Å². The van der Waals surface area contributed by atoms with Crippen LogP contribution in [0, 0.1) is 0 Å². The summed E-state index contributed by atoms with van der Waals surface area (Å²) in [6.45, 7) is 1.99. The third kappa shape index (κ3) is 3.51. The van der Waals surface area contributed by atoms with Gasteiger partial charge in [-0.15, -0.1) is 0 Å². The lowest BCUT2D eigenvalue weighted by atomic mass is 10.1. The SMILES string of the molecule is COc1cc(-c2cc(C(=O)O)[nH]n2)ccc1OC1CCCN(C)C1. The van der Waals surface area contributed by atoms with Crippen LogP contribution in [0.4, 0.5) is 0 Å². The van der Waals surface area contributed by atoms with Gasteiger partial charge in [0.2, 0.25) is 0 Å². The molecule has 0 radical (unpaired) electrons. The standard InChI is InChI=1S/C17H21N3O4/c1-20-7-3-4-12(10-20)24-15-6-5-11(8-16(15)23-2)13-9-14(17(21)22)19-18-13/h5-6,8-9,12H,3-4,7,10H2,1-2H3,(H,18,19)(H,21,22). The second kappa shape index (κ2) is 6.92. The molecule has 3 rings (SSSR count). The van der Waals surface area contributed by atoms with Crippen LogP contribution in [0.1, 0.15) is 23.3 Å². The van der Waals surface area contributed by atoms with Gasteiger partial charge in [-0.3, -0.25) is 5.10 Å². The van der Waals surface area contributed by atoms with E-state index < -0.39 is 5.97 Å². The first-order valence-electron chi connectivity index (χ1n) is 7.89. The fourth-order valence-electron chi connectivity index (χ4n) is 2.90. The summed E-state index contributed by atoms with van der Waals surface area (Å²) in [6, 6.07) is 7.00. The maximum atomic E-state index is 11.0. The van der Waals surface area contributed by atoms with Crippen molar-refractivity contribution in [3.63, 3.8) is 0 Å². The van der Waals surface area contributed by atoms with Crippen molar-refractivity contribution in [3.8, 4) is 22.8 Å². The number of ether oxygens (including phenoxy) is 2. The predicted octanol–water partition coefficient (Wildman–Crippen LogP) is 2.26. The number of rotatable bonds is 5. The molecular formula is C17H21N3O4. The van der Waals surface area contributed by atoms with E-state index in [1.807, 2.05) is 18.2 Å². The molecule has 7 nitrogen and oxygen atoms in total. The highest BCUT2D eigenvalue weighted by molar-refractivity contribution is 5.86. The van der Waals surface area contributed by atoms with Crippen LogP contribution >= 0.6 is 0 Å². The largest absolute Gasteiger partial charge is 0.493 e. The molecular weight excluding hydrogens is 310 g/mol. The Balaban J connectivity index is 1.80. The molecule has 1 atom stereocenters. The molecule has 1 aliphatic heterocycles. The van der Waals surface area contributed by atoms with Gasteiger partial charge in [0.15, 0.2) is 11.5 Å². The lowest BCUT2D eigenvalue weighted by Gasteiger charge is -2.30. The highest BCUT2D eigenvalue weighted by Crippen LogP contribution is 2.33. The summed E-state index contributed by atoms with van der Waals surface area (Å²) < 4.78 is 11.5. The van der Waals surface area contributed by atoms with E-state index in [0.717, 1.165) is 31.5 Å². The minimum atomic E-state index is -1.04. The van der Waals surface area contributed by atoms with Crippen molar-refractivity contribution in [1.82, 2.24) is 15.1 Å². The average Bonchev–Trinajstić information content (AvgIpc) is 3.05. The highest BCUT2D eigenvalue weighted by atomic mass is 16.5. The Bertz CT molecular complexity index is 728. The molecule has 7 heteroatoms. The van der Waals surface area contributed by atoms with Gasteiger partial charge in [-0.25, -0.2) is 4.79 Å². The third-order valence-electron chi connectivity index (χ3n) is 4.14. The Morgan fingerprint density at radius 2 is 2.21 bits per heavy atom. The van der Waals surface area contributed by atoms with Gasteiger partial charge in [0.25, 0.3) is 0 Å². The molecule has 2 N–H and O–H groups in total. The van der Waals surface area contributed by atoms with Crippen LogP contribution in [0.2, 0.25) is 0 Å². The van der Waals surface area contributed by atoms with Gasteiger partial charge in [-0.2, -0.15) is 5.10 Å². The van der Waals surface area contributed by atoms with Crippen LogP contribution in [0.15, 0.2) is 24.3 Å². The molecule has 128 valence electrons. The molecule has 0 aliphatic carbocycles. The summed E-state index contributed by atoms with van der Waals surface area (Å²) in [6.07, 6.45) is 2.29. The number of piperidine rings is 1. The second-order valence-corrected chi connectivity index (χ2v) is 5.98. The Kier molecular flexibility index (Phi) is 4.71. The summed E-state index contributed by atoms with van der Waals surface area (Å²) in [5.41, 5.74) is 1.37. The number of likely N-dealkylation sites (N-methyl/N-ethyl adjacent to an activating group) is 1. The van der Waals surface area contributed by atoms with Crippen LogP contribution in [0.3, 0.4) is 0 Å². The summed E-state index contributed by atoms with van der Waals surface area (Å²) >= 11 is 0. The average molecular weight is 331 g/mol. The molecule has 0 bridgehead atoms. The number of aromatic carboxylic acids is 1. The summed E-state index contributed by atoms with van der Waals surface area (Å²) in [4.78, 5) is 13.2.